The SMILES string of the molecule is COCCN1C(=O)COCc2ccc(-c3cccc(C(=O)OC)c3)cc21. The van der Waals surface area contributed by atoms with Crippen LogP contribution in [0.4, 0.5) is 5.69 Å². The maximum Gasteiger partial charge on any atom is 0.337 e. The molecule has 0 saturated carbocycles. The molecule has 0 N–H and O–H groups in total. The third-order valence-electron chi connectivity index (χ3n) is 4.30. The monoisotopic (exact) mass is 355 g/mol. The second kappa shape index (κ2) is 8.12. The average Bonchev–Trinajstić information content (AvgIpc) is 2.83. The molecule has 0 bridgehead atoms. The minimum absolute atomic E-state index is 0.0472. The Morgan fingerprint density at radius 3 is 2.69 bits per heavy atom. The number of carbonyl (C=O) groups excluding carboxylic acids is 2. The highest BCUT2D eigenvalue weighted by molar-refractivity contribution is 5.96. The number of methoxy groups -OCH3 is 2. The van der Waals surface area contributed by atoms with E-state index in [1.165, 1.54) is 7.11 Å². The quantitative estimate of drug-likeness (QED) is 0.772. The van der Waals surface area contributed by atoms with Crippen LogP contribution in [-0.4, -0.2) is 45.9 Å². The van der Waals surface area contributed by atoms with Crippen LogP contribution in [0.1, 0.15) is 15.9 Å². The minimum atomic E-state index is -0.382. The lowest BCUT2D eigenvalue weighted by atomic mass is 10.00. The molecule has 6 heteroatoms. The Morgan fingerprint density at radius 1 is 1.12 bits per heavy atom. The third-order valence-corrected chi connectivity index (χ3v) is 4.30. The van der Waals surface area contributed by atoms with E-state index >= 15 is 0 Å². The van der Waals surface area contributed by atoms with Crippen molar-refractivity contribution in [1.29, 1.82) is 0 Å². The standard InChI is InChI=1S/C20H21NO5/c1-24-9-8-21-18-11-15(6-7-17(18)12-26-13-19(21)22)14-4-3-5-16(10-14)20(23)25-2/h3-7,10-11H,8-9,12-13H2,1-2H3. The van der Waals surface area contributed by atoms with Gasteiger partial charge in [-0.15, -0.1) is 0 Å². The number of nitrogens with zero attached hydrogens (tertiary/aromatic N) is 1. The number of rotatable bonds is 5. The molecule has 1 aliphatic rings. The smallest absolute Gasteiger partial charge is 0.337 e. The highest BCUT2D eigenvalue weighted by Gasteiger charge is 2.23. The number of ether oxygens (including phenoxy) is 3. The molecule has 2 aromatic rings. The van der Waals surface area contributed by atoms with E-state index in [4.69, 9.17) is 14.2 Å². The fourth-order valence-corrected chi connectivity index (χ4v) is 2.95. The van der Waals surface area contributed by atoms with Crippen molar-refractivity contribution in [3.05, 3.63) is 53.6 Å². The Bertz CT molecular complexity index is 818. The van der Waals surface area contributed by atoms with Crippen molar-refractivity contribution in [3.63, 3.8) is 0 Å². The lowest BCUT2D eigenvalue weighted by molar-refractivity contribution is -0.123. The van der Waals surface area contributed by atoms with Gasteiger partial charge in [0.2, 0.25) is 0 Å². The van der Waals surface area contributed by atoms with Crippen LogP contribution in [0, 0.1) is 0 Å². The number of carbonyl (C=O) groups is 2. The van der Waals surface area contributed by atoms with Gasteiger partial charge in [0.1, 0.15) is 6.61 Å². The molecule has 0 saturated heterocycles. The lowest BCUT2D eigenvalue weighted by Crippen LogP contribution is -2.35. The predicted molar refractivity (Wildman–Crippen MR) is 97.1 cm³/mol. The number of esters is 1. The third kappa shape index (κ3) is 3.76. The molecule has 1 amide bonds. The molecule has 1 heterocycles. The van der Waals surface area contributed by atoms with Crippen LogP contribution in [-0.2, 0) is 25.6 Å². The van der Waals surface area contributed by atoms with Gasteiger partial charge < -0.3 is 19.1 Å². The van der Waals surface area contributed by atoms with Crippen LogP contribution in [0.3, 0.4) is 0 Å². The highest BCUT2D eigenvalue weighted by atomic mass is 16.5. The number of amides is 1. The van der Waals surface area contributed by atoms with Crippen molar-refractivity contribution in [3.8, 4) is 11.1 Å². The van der Waals surface area contributed by atoms with E-state index in [1.54, 1.807) is 24.1 Å². The summed E-state index contributed by atoms with van der Waals surface area (Å²) in [7, 11) is 2.96. The maximum absolute atomic E-state index is 12.4. The molecule has 3 rings (SSSR count). The van der Waals surface area contributed by atoms with Crippen molar-refractivity contribution in [2.75, 3.05) is 38.9 Å². The zero-order valence-corrected chi connectivity index (χ0v) is 14.9. The van der Waals surface area contributed by atoms with E-state index in [0.717, 1.165) is 22.4 Å². The van der Waals surface area contributed by atoms with E-state index in [0.29, 0.717) is 25.3 Å². The molecule has 0 aromatic heterocycles. The summed E-state index contributed by atoms with van der Waals surface area (Å²) in [4.78, 5) is 25.9. The first-order valence-corrected chi connectivity index (χ1v) is 8.32. The first-order chi connectivity index (χ1) is 12.6. The van der Waals surface area contributed by atoms with E-state index < -0.39 is 0 Å². The van der Waals surface area contributed by atoms with Crippen molar-refractivity contribution in [1.82, 2.24) is 0 Å². The number of benzene rings is 2. The maximum atomic E-state index is 12.4. The van der Waals surface area contributed by atoms with Crippen LogP contribution in [0.15, 0.2) is 42.5 Å². The summed E-state index contributed by atoms with van der Waals surface area (Å²) in [6.07, 6.45) is 0. The zero-order valence-electron chi connectivity index (χ0n) is 14.9. The first-order valence-electron chi connectivity index (χ1n) is 8.32. The summed E-state index contributed by atoms with van der Waals surface area (Å²) in [6.45, 7) is 1.32. The molecule has 136 valence electrons. The van der Waals surface area contributed by atoms with Crippen molar-refractivity contribution >= 4 is 17.6 Å². The lowest BCUT2D eigenvalue weighted by Gasteiger charge is -2.22. The molecule has 0 radical (unpaired) electrons. The van der Waals surface area contributed by atoms with Crippen molar-refractivity contribution < 1.29 is 23.8 Å². The van der Waals surface area contributed by atoms with E-state index in [-0.39, 0.29) is 18.5 Å². The molecule has 0 atom stereocenters. The second-order valence-corrected chi connectivity index (χ2v) is 5.95. The topological polar surface area (TPSA) is 65.1 Å². The van der Waals surface area contributed by atoms with Crippen LogP contribution in [0.2, 0.25) is 0 Å². The summed E-state index contributed by atoms with van der Waals surface area (Å²) >= 11 is 0. The van der Waals surface area contributed by atoms with Crippen LogP contribution >= 0.6 is 0 Å². The van der Waals surface area contributed by atoms with Crippen LogP contribution in [0.5, 0.6) is 0 Å². The molecule has 0 spiro atoms. The molecule has 0 aliphatic carbocycles. The summed E-state index contributed by atoms with van der Waals surface area (Å²) in [6, 6.07) is 13.1. The highest BCUT2D eigenvalue weighted by Crippen LogP contribution is 2.31. The largest absolute Gasteiger partial charge is 0.465 e. The number of fused-ring (bicyclic) bond motifs is 1. The van der Waals surface area contributed by atoms with Gasteiger partial charge in [0, 0.05) is 24.9 Å². The zero-order chi connectivity index (χ0) is 18.5. The van der Waals surface area contributed by atoms with Gasteiger partial charge >= 0.3 is 5.97 Å². The molecule has 1 aliphatic heterocycles. The van der Waals surface area contributed by atoms with Gasteiger partial charge in [-0.05, 0) is 29.3 Å². The number of hydrogen-bond donors (Lipinski definition) is 0. The van der Waals surface area contributed by atoms with Gasteiger partial charge in [-0.25, -0.2) is 4.79 Å². The Labute approximate surface area is 152 Å². The summed E-state index contributed by atoms with van der Waals surface area (Å²) in [5.74, 6) is -0.479. The van der Waals surface area contributed by atoms with Gasteiger partial charge in [-0.1, -0.05) is 24.3 Å². The van der Waals surface area contributed by atoms with Crippen molar-refractivity contribution in [2.45, 2.75) is 6.61 Å². The normalized spacial score (nSPS) is 13.9. The summed E-state index contributed by atoms with van der Waals surface area (Å²) in [5.41, 5.74) is 4.02. The Morgan fingerprint density at radius 2 is 1.92 bits per heavy atom. The molecule has 2 aromatic carbocycles. The average molecular weight is 355 g/mol. The fourth-order valence-electron chi connectivity index (χ4n) is 2.95. The minimum Gasteiger partial charge on any atom is -0.465 e. The molecular weight excluding hydrogens is 334 g/mol. The van der Waals surface area contributed by atoms with E-state index in [2.05, 4.69) is 0 Å². The summed E-state index contributed by atoms with van der Waals surface area (Å²) < 4.78 is 15.4. The van der Waals surface area contributed by atoms with E-state index in [1.807, 2.05) is 30.3 Å². The van der Waals surface area contributed by atoms with E-state index in [9.17, 15) is 9.59 Å². The van der Waals surface area contributed by atoms with Gasteiger partial charge in [0.05, 0.1) is 25.9 Å². The Hall–Kier alpha value is -2.70. The summed E-state index contributed by atoms with van der Waals surface area (Å²) in [5, 5.41) is 0. The van der Waals surface area contributed by atoms with Gasteiger partial charge in [-0.2, -0.15) is 0 Å². The molecule has 0 unspecified atom stereocenters. The fraction of sp³-hybridized carbons (Fsp3) is 0.300. The van der Waals surface area contributed by atoms with Gasteiger partial charge in [-0.3, -0.25) is 4.79 Å². The molecule has 0 fully saturated rings. The van der Waals surface area contributed by atoms with Gasteiger partial charge in [0.25, 0.3) is 5.91 Å². The second-order valence-electron chi connectivity index (χ2n) is 5.95. The molecular formula is C20H21NO5. The number of hydrogen-bond acceptors (Lipinski definition) is 5. The van der Waals surface area contributed by atoms with Gasteiger partial charge in [0.15, 0.2) is 0 Å². The predicted octanol–water partition coefficient (Wildman–Crippen LogP) is 2.65. The van der Waals surface area contributed by atoms with Crippen LogP contribution in [0.25, 0.3) is 11.1 Å². The Balaban J connectivity index is 2.01. The molecule has 26 heavy (non-hydrogen) atoms. The number of anilines is 1. The Kier molecular flexibility index (Phi) is 5.65. The van der Waals surface area contributed by atoms with Crippen LogP contribution < -0.4 is 4.90 Å². The van der Waals surface area contributed by atoms with Crippen molar-refractivity contribution in [2.24, 2.45) is 0 Å². The molecule has 6 nitrogen and oxygen atoms in total. The first kappa shape index (κ1) is 18.1.